The van der Waals surface area contributed by atoms with E-state index in [2.05, 4.69) is 10.6 Å². The Morgan fingerprint density at radius 1 is 1.12 bits per heavy atom. The van der Waals surface area contributed by atoms with Crippen LogP contribution in [0.2, 0.25) is 0 Å². The number of hydrogen-bond donors (Lipinski definition) is 3. The minimum Gasteiger partial charge on any atom is -0.508 e. The Balaban J connectivity index is 1.63. The van der Waals surface area contributed by atoms with Crippen LogP contribution in [0.1, 0.15) is 47.0 Å². The number of carbonyl (C=O) groups excluding carboxylic acids is 3. The molecule has 0 bridgehead atoms. The summed E-state index contributed by atoms with van der Waals surface area (Å²) in [6, 6.07) is 6.27. The Hall–Kier alpha value is -2.97. The number of nitrogens with zero attached hydrogens (tertiary/aromatic N) is 1. The number of piperidine rings is 1. The lowest BCUT2D eigenvalue weighted by Crippen LogP contribution is -2.46. The Morgan fingerprint density at radius 3 is 2.34 bits per heavy atom. The summed E-state index contributed by atoms with van der Waals surface area (Å²) in [5, 5.41) is 14.8. The fourth-order valence-electron chi connectivity index (χ4n) is 3.33. The minimum absolute atomic E-state index is 0.0752. The summed E-state index contributed by atoms with van der Waals surface area (Å²) in [5.74, 6) is 0.770. The van der Waals surface area contributed by atoms with Gasteiger partial charge in [-0.05, 0) is 70.7 Å². The van der Waals surface area contributed by atoms with Crippen LogP contribution < -0.4 is 15.4 Å². The molecule has 1 aromatic carbocycles. The molecule has 1 aliphatic heterocycles. The second-order valence-corrected chi connectivity index (χ2v) is 9.01. The fourth-order valence-corrected chi connectivity index (χ4v) is 3.33. The molecule has 0 radical (unpaired) electrons. The monoisotopic (exact) mass is 449 g/mol. The maximum Gasteiger partial charge on any atom is 0.407 e. The molecule has 1 aliphatic rings. The average Bonchev–Trinajstić information content (AvgIpc) is 2.72. The van der Waals surface area contributed by atoms with Gasteiger partial charge in [0.25, 0.3) is 5.91 Å². The predicted octanol–water partition coefficient (Wildman–Crippen LogP) is 2.43. The lowest BCUT2D eigenvalue weighted by molar-refractivity contribution is -0.139. The van der Waals surface area contributed by atoms with E-state index in [0.717, 1.165) is 12.8 Å². The molecule has 0 aromatic heterocycles. The van der Waals surface area contributed by atoms with Crippen molar-refractivity contribution in [2.45, 2.75) is 58.7 Å². The van der Waals surface area contributed by atoms with Crippen molar-refractivity contribution in [2.75, 3.05) is 26.2 Å². The number of ether oxygens (including phenoxy) is 2. The zero-order valence-electron chi connectivity index (χ0n) is 19.3. The number of likely N-dealkylation sites (tertiary alicyclic amines) is 1. The van der Waals surface area contributed by atoms with Crippen molar-refractivity contribution in [2.24, 2.45) is 5.92 Å². The molecule has 32 heavy (non-hydrogen) atoms. The summed E-state index contributed by atoms with van der Waals surface area (Å²) in [7, 11) is 0. The van der Waals surface area contributed by atoms with Crippen molar-refractivity contribution < 1.29 is 29.0 Å². The number of hydrogen-bond acceptors (Lipinski definition) is 6. The number of alkyl carbamates (subject to hydrolysis) is 1. The molecule has 0 spiro atoms. The molecule has 9 nitrogen and oxygen atoms in total. The Labute approximate surface area is 189 Å². The zero-order valence-corrected chi connectivity index (χ0v) is 19.3. The van der Waals surface area contributed by atoms with Crippen LogP contribution in [0.25, 0.3) is 0 Å². The number of rotatable bonds is 8. The van der Waals surface area contributed by atoms with Crippen LogP contribution in [0.3, 0.4) is 0 Å². The maximum atomic E-state index is 12.6. The quantitative estimate of drug-likeness (QED) is 0.561. The van der Waals surface area contributed by atoms with Gasteiger partial charge in [-0.2, -0.15) is 0 Å². The standard InChI is InChI=1S/C23H35N3O6/c1-16(31-19-7-5-18(27)6-8-19)21(29)26-13-10-17(11-14-26)15-25-20(28)9-12-24-22(30)32-23(2,3)4/h5-8,16-17,27H,9-15H2,1-4H3,(H,24,30)(H,25,28). The van der Waals surface area contributed by atoms with Crippen molar-refractivity contribution in [3.63, 3.8) is 0 Å². The predicted molar refractivity (Wildman–Crippen MR) is 119 cm³/mol. The molecule has 1 heterocycles. The van der Waals surface area contributed by atoms with Gasteiger partial charge >= 0.3 is 6.09 Å². The van der Waals surface area contributed by atoms with Crippen LogP contribution in [0, 0.1) is 5.92 Å². The third kappa shape index (κ3) is 9.03. The first kappa shape index (κ1) is 25.3. The van der Waals surface area contributed by atoms with E-state index in [1.54, 1.807) is 44.7 Å². The number of phenolic OH excluding ortho intramolecular Hbond substituents is 1. The van der Waals surface area contributed by atoms with E-state index in [9.17, 15) is 19.5 Å². The molecule has 1 saturated heterocycles. The van der Waals surface area contributed by atoms with Crippen LogP contribution >= 0.6 is 0 Å². The topological polar surface area (TPSA) is 117 Å². The van der Waals surface area contributed by atoms with Gasteiger partial charge in [-0.1, -0.05) is 0 Å². The highest BCUT2D eigenvalue weighted by atomic mass is 16.6. The lowest BCUT2D eigenvalue weighted by atomic mass is 9.96. The highest BCUT2D eigenvalue weighted by Gasteiger charge is 2.27. The molecule has 0 aliphatic carbocycles. The summed E-state index contributed by atoms with van der Waals surface area (Å²) in [6.07, 6.45) is 0.629. The van der Waals surface area contributed by atoms with E-state index >= 15 is 0 Å². The van der Waals surface area contributed by atoms with Crippen LogP contribution in [0.15, 0.2) is 24.3 Å². The molecular weight excluding hydrogens is 414 g/mol. The Kier molecular flexibility index (Phi) is 9.16. The first-order chi connectivity index (χ1) is 15.0. The summed E-state index contributed by atoms with van der Waals surface area (Å²) in [6.45, 7) is 9.04. The van der Waals surface area contributed by atoms with Gasteiger partial charge in [-0.15, -0.1) is 0 Å². The van der Waals surface area contributed by atoms with Gasteiger partial charge in [-0.3, -0.25) is 9.59 Å². The number of amides is 3. The second kappa shape index (κ2) is 11.6. The summed E-state index contributed by atoms with van der Waals surface area (Å²) >= 11 is 0. The number of aromatic hydroxyl groups is 1. The fraction of sp³-hybridized carbons (Fsp3) is 0.609. The highest BCUT2D eigenvalue weighted by molar-refractivity contribution is 5.81. The van der Waals surface area contributed by atoms with Crippen molar-refractivity contribution in [1.82, 2.24) is 15.5 Å². The van der Waals surface area contributed by atoms with Gasteiger partial charge in [-0.25, -0.2) is 4.79 Å². The van der Waals surface area contributed by atoms with E-state index in [-0.39, 0.29) is 30.5 Å². The van der Waals surface area contributed by atoms with Gasteiger partial charge in [0.2, 0.25) is 5.91 Å². The van der Waals surface area contributed by atoms with Gasteiger partial charge in [0.1, 0.15) is 17.1 Å². The molecule has 1 fully saturated rings. The first-order valence-corrected chi connectivity index (χ1v) is 11.0. The van der Waals surface area contributed by atoms with E-state index in [1.807, 2.05) is 0 Å². The van der Waals surface area contributed by atoms with E-state index in [0.29, 0.717) is 31.3 Å². The van der Waals surface area contributed by atoms with Crippen molar-refractivity contribution in [3.8, 4) is 11.5 Å². The van der Waals surface area contributed by atoms with Crippen LogP contribution in [-0.4, -0.2) is 65.8 Å². The largest absolute Gasteiger partial charge is 0.508 e. The lowest BCUT2D eigenvalue weighted by Gasteiger charge is -2.33. The maximum absolute atomic E-state index is 12.6. The van der Waals surface area contributed by atoms with Crippen molar-refractivity contribution in [3.05, 3.63) is 24.3 Å². The van der Waals surface area contributed by atoms with E-state index in [4.69, 9.17) is 9.47 Å². The smallest absolute Gasteiger partial charge is 0.407 e. The summed E-state index contributed by atoms with van der Waals surface area (Å²) < 4.78 is 10.8. The Morgan fingerprint density at radius 2 is 1.75 bits per heavy atom. The van der Waals surface area contributed by atoms with Crippen LogP contribution in [0.5, 0.6) is 11.5 Å². The Bertz CT molecular complexity index is 767. The number of benzene rings is 1. The average molecular weight is 450 g/mol. The van der Waals surface area contributed by atoms with Crippen LogP contribution in [0.4, 0.5) is 4.79 Å². The first-order valence-electron chi connectivity index (χ1n) is 11.0. The number of phenols is 1. The molecule has 178 valence electrons. The number of carbonyl (C=O) groups is 3. The normalized spacial score (nSPS) is 15.6. The van der Waals surface area contributed by atoms with Crippen LogP contribution in [-0.2, 0) is 14.3 Å². The highest BCUT2D eigenvalue weighted by Crippen LogP contribution is 2.20. The van der Waals surface area contributed by atoms with E-state index < -0.39 is 17.8 Å². The SMILES string of the molecule is CC(Oc1ccc(O)cc1)C(=O)N1CCC(CNC(=O)CCNC(=O)OC(C)(C)C)CC1. The molecule has 3 N–H and O–H groups in total. The third-order valence-electron chi connectivity index (χ3n) is 5.03. The van der Waals surface area contributed by atoms with Gasteiger partial charge in [0.15, 0.2) is 6.10 Å². The van der Waals surface area contributed by atoms with Gasteiger partial charge < -0.3 is 30.1 Å². The molecule has 1 unspecified atom stereocenters. The minimum atomic E-state index is -0.617. The van der Waals surface area contributed by atoms with E-state index in [1.165, 1.54) is 12.1 Å². The third-order valence-corrected chi connectivity index (χ3v) is 5.03. The van der Waals surface area contributed by atoms with Gasteiger partial charge in [0.05, 0.1) is 0 Å². The molecule has 1 aromatic rings. The zero-order chi connectivity index (χ0) is 23.7. The molecule has 1 atom stereocenters. The molecule has 2 rings (SSSR count). The molecular formula is C23H35N3O6. The summed E-state index contributed by atoms with van der Waals surface area (Å²) in [4.78, 5) is 38.0. The molecule has 0 saturated carbocycles. The summed E-state index contributed by atoms with van der Waals surface area (Å²) in [5.41, 5.74) is -0.571. The van der Waals surface area contributed by atoms with Gasteiger partial charge in [0, 0.05) is 32.6 Å². The number of nitrogens with one attached hydrogen (secondary N) is 2. The second-order valence-electron chi connectivity index (χ2n) is 9.01. The van der Waals surface area contributed by atoms with Crippen molar-refractivity contribution in [1.29, 1.82) is 0 Å². The molecule has 9 heteroatoms. The molecule has 3 amide bonds. The van der Waals surface area contributed by atoms with Crippen molar-refractivity contribution >= 4 is 17.9 Å².